The number of aryl methyl sites for hydroxylation is 1. The lowest BCUT2D eigenvalue weighted by molar-refractivity contribution is 0.0947. The van der Waals surface area contributed by atoms with E-state index in [-0.39, 0.29) is 5.91 Å². The molecule has 1 aliphatic rings. The molecular formula is C13H18ClN3O. The Morgan fingerprint density at radius 2 is 2.44 bits per heavy atom. The van der Waals surface area contributed by atoms with Gasteiger partial charge in [-0.3, -0.25) is 4.79 Å². The number of rotatable bonds is 4. The van der Waals surface area contributed by atoms with Crippen LogP contribution in [0.15, 0.2) is 23.9 Å². The van der Waals surface area contributed by atoms with Crippen LogP contribution in [0.3, 0.4) is 0 Å². The van der Waals surface area contributed by atoms with Crippen molar-refractivity contribution in [2.24, 2.45) is 0 Å². The van der Waals surface area contributed by atoms with Gasteiger partial charge >= 0.3 is 0 Å². The molecule has 0 aliphatic carbocycles. The number of nitrogens with zero attached hydrogens (tertiary/aromatic N) is 1. The van der Waals surface area contributed by atoms with Crippen LogP contribution in [0.1, 0.15) is 23.8 Å². The van der Waals surface area contributed by atoms with Crippen LogP contribution >= 0.6 is 11.6 Å². The largest absolute Gasteiger partial charge is 0.347 e. The molecule has 0 fully saturated rings. The maximum absolute atomic E-state index is 12.0. The average Bonchev–Trinajstić information content (AvgIpc) is 2.78. The van der Waals surface area contributed by atoms with Gasteiger partial charge in [0.1, 0.15) is 5.69 Å². The van der Waals surface area contributed by atoms with Crippen molar-refractivity contribution in [2.75, 3.05) is 19.6 Å². The normalized spacial score (nSPS) is 15.3. The first-order valence-electron chi connectivity index (χ1n) is 6.23. The van der Waals surface area contributed by atoms with E-state index in [9.17, 15) is 4.79 Å². The number of halogens is 1. The molecule has 0 atom stereocenters. The molecule has 0 radical (unpaired) electrons. The second kappa shape index (κ2) is 6.07. The summed E-state index contributed by atoms with van der Waals surface area (Å²) in [6.45, 7) is 5.22. The molecular weight excluding hydrogens is 250 g/mol. The van der Waals surface area contributed by atoms with Crippen LogP contribution in [0.4, 0.5) is 0 Å². The molecule has 4 nitrogen and oxygen atoms in total. The van der Waals surface area contributed by atoms with Crippen LogP contribution in [0, 0.1) is 0 Å². The van der Waals surface area contributed by atoms with Crippen LogP contribution < -0.4 is 10.6 Å². The zero-order valence-electron chi connectivity index (χ0n) is 10.5. The van der Waals surface area contributed by atoms with Crippen molar-refractivity contribution in [1.29, 1.82) is 0 Å². The number of hydrogen-bond donors (Lipinski definition) is 2. The topological polar surface area (TPSA) is 46.1 Å². The maximum Gasteiger partial charge on any atom is 0.268 e. The number of carbonyl (C=O) groups excluding carboxylic acids is 1. The van der Waals surface area contributed by atoms with Gasteiger partial charge in [0, 0.05) is 25.8 Å². The molecule has 5 heteroatoms. The molecule has 1 aromatic rings. The van der Waals surface area contributed by atoms with Crippen molar-refractivity contribution < 1.29 is 4.79 Å². The van der Waals surface area contributed by atoms with Crippen molar-refractivity contribution in [3.05, 3.63) is 34.6 Å². The smallest absolute Gasteiger partial charge is 0.268 e. The molecule has 0 spiro atoms. The molecule has 2 heterocycles. The monoisotopic (exact) mass is 267 g/mol. The molecule has 0 bridgehead atoms. The molecule has 0 unspecified atom stereocenters. The van der Waals surface area contributed by atoms with Gasteiger partial charge < -0.3 is 15.2 Å². The van der Waals surface area contributed by atoms with E-state index >= 15 is 0 Å². The Labute approximate surface area is 112 Å². The average molecular weight is 268 g/mol. The van der Waals surface area contributed by atoms with E-state index in [0.717, 1.165) is 26.1 Å². The summed E-state index contributed by atoms with van der Waals surface area (Å²) in [6, 6.07) is 1.71. The fourth-order valence-electron chi connectivity index (χ4n) is 2.04. The Morgan fingerprint density at radius 3 is 3.11 bits per heavy atom. The van der Waals surface area contributed by atoms with Gasteiger partial charge in [-0.15, -0.1) is 0 Å². The number of nitrogens with one attached hydrogen (secondary N) is 2. The van der Waals surface area contributed by atoms with Crippen molar-refractivity contribution >= 4 is 17.5 Å². The molecule has 98 valence electrons. The molecule has 1 amide bonds. The number of amides is 1. The van der Waals surface area contributed by atoms with Crippen molar-refractivity contribution in [2.45, 2.75) is 19.9 Å². The number of hydrogen-bond acceptors (Lipinski definition) is 2. The molecule has 2 N–H and O–H groups in total. The molecule has 0 saturated carbocycles. The van der Waals surface area contributed by atoms with E-state index in [4.69, 9.17) is 11.6 Å². The second-order valence-electron chi connectivity index (χ2n) is 4.33. The highest BCUT2D eigenvalue weighted by Gasteiger charge is 2.12. The summed E-state index contributed by atoms with van der Waals surface area (Å²) in [6.07, 6.45) is 4.91. The van der Waals surface area contributed by atoms with Crippen molar-refractivity contribution in [3.63, 3.8) is 0 Å². The first-order chi connectivity index (χ1) is 8.70. The Kier molecular flexibility index (Phi) is 4.44. The minimum atomic E-state index is -0.0665. The second-order valence-corrected chi connectivity index (χ2v) is 4.77. The van der Waals surface area contributed by atoms with Crippen LogP contribution in [-0.2, 0) is 6.54 Å². The Bertz CT molecular complexity index is 465. The third-order valence-electron chi connectivity index (χ3n) is 3.07. The van der Waals surface area contributed by atoms with E-state index in [1.807, 2.05) is 11.5 Å². The van der Waals surface area contributed by atoms with E-state index in [2.05, 4.69) is 16.7 Å². The third-order valence-corrected chi connectivity index (χ3v) is 3.28. The van der Waals surface area contributed by atoms with Gasteiger partial charge in [0.05, 0.1) is 5.02 Å². The van der Waals surface area contributed by atoms with Gasteiger partial charge in [-0.25, -0.2) is 0 Å². The van der Waals surface area contributed by atoms with Crippen molar-refractivity contribution in [1.82, 2.24) is 15.2 Å². The van der Waals surface area contributed by atoms with Crippen LogP contribution in [0.5, 0.6) is 0 Å². The van der Waals surface area contributed by atoms with E-state index in [1.165, 1.54) is 5.57 Å². The zero-order valence-corrected chi connectivity index (χ0v) is 11.3. The first-order valence-corrected chi connectivity index (χ1v) is 6.61. The summed E-state index contributed by atoms with van der Waals surface area (Å²) < 4.78 is 1.86. The number of carbonyl (C=O) groups is 1. The quantitative estimate of drug-likeness (QED) is 0.818. The lowest BCUT2D eigenvalue weighted by Crippen LogP contribution is -2.30. The molecule has 2 rings (SSSR count). The van der Waals surface area contributed by atoms with Crippen LogP contribution in [0.2, 0.25) is 5.02 Å². The summed E-state index contributed by atoms with van der Waals surface area (Å²) in [7, 11) is 0. The Hall–Kier alpha value is -1.26. The molecule has 1 aromatic heterocycles. The first kappa shape index (κ1) is 13.2. The van der Waals surface area contributed by atoms with Gasteiger partial charge in [0.15, 0.2) is 0 Å². The predicted molar refractivity (Wildman–Crippen MR) is 73.0 cm³/mol. The SMILES string of the molecule is CCn1cc(Cl)cc1C(=O)NCC1=CCNCC1. The minimum Gasteiger partial charge on any atom is -0.347 e. The van der Waals surface area contributed by atoms with E-state index < -0.39 is 0 Å². The standard InChI is InChI=1S/C13H18ClN3O/c1-2-17-9-11(14)7-12(17)13(18)16-8-10-3-5-15-6-4-10/h3,7,9,15H,2,4-6,8H2,1H3,(H,16,18). The summed E-state index contributed by atoms with van der Waals surface area (Å²) in [4.78, 5) is 12.0. The lowest BCUT2D eigenvalue weighted by Gasteiger charge is -2.14. The van der Waals surface area contributed by atoms with Gasteiger partial charge in [-0.1, -0.05) is 23.3 Å². The van der Waals surface area contributed by atoms with Gasteiger partial charge in [0.25, 0.3) is 5.91 Å². The van der Waals surface area contributed by atoms with Crippen molar-refractivity contribution in [3.8, 4) is 0 Å². The highest BCUT2D eigenvalue weighted by molar-refractivity contribution is 6.31. The molecule has 18 heavy (non-hydrogen) atoms. The fraction of sp³-hybridized carbons (Fsp3) is 0.462. The third kappa shape index (κ3) is 3.15. The summed E-state index contributed by atoms with van der Waals surface area (Å²) in [5.41, 5.74) is 1.90. The van der Waals surface area contributed by atoms with Gasteiger partial charge in [0.2, 0.25) is 0 Å². The Balaban J connectivity index is 1.96. The zero-order chi connectivity index (χ0) is 13.0. The maximum atomic E-state index is 12.0. The van der Waals surface area contributed by atoms with Gasteiger partial charge in [-0.2, -0.15) is 0 Å². The molecule has 0 aromatic carbocycles. The molecule has 1 aliphatic heterocycles. The number of aromatic nitrogens is 1. The van der Waals surface area contributed by atoms with Gasteiger partial charge in [-0.05, 0) is 26.0 Å². The highest BCUT2D eigenvalue weighted by Crippen LogP contribution is 2.14. The summed E-state index contributed by atoms with van der Waals surface area (Å²) in [5, 5.41) is 6.79. The summed E-state index contributed by atoms with van der Waals surface area (Å²) in [5.74, 6) is -0.0665. The van der Waals surface area contributed by atoms with Crippen LogP contribution in [0.25, 0.3) is 0 Å². The fourth-order valence-corrected chi connectivity index (χ4v) is 2.26. The van der Waals surface area contributed by atoms with E-state index in [0.29, 0.717) is 17.3 Å². The van der Waals surface area contributed by atoms with E-state index in [1.54, 1.807) is 12.3 Å². The highest BCUT2D eigenvalue weighted by atomic mass is 35.5. The minimum absolute atomic E-state index is 0.0665. The van der Waals surface area contributed by atoms with Crippen LogP contribution in [-0.4, -0.2) is 30.1 Å². The lowest BCUT2D eigenvalue weighted by atomic mass is 10.1. The Morgan fingerprint density at radius 1 is 1.61 bits per heavy atom. The molecule has 0 saturated heterocycles. The predicted octanol–water partition coefficient (Wildman–Crippen LogP) is 1.81. The summed E-state index contributed by atoms with van der Waals surface area (Å²) >= 11 is 5.92.